The topological polar surface area (TPSA) is 78.9 Å². The number of amides is 2. The lowest BCUT2D eigenvalue weighted by Gasteiger charge is -2.29. The minimum Gasteiger partial charge on any atom is -0.454 e. The van der Waals surface area contributed by atoms with Crippen LogP contribution in [-0.2, 0) is 19.1 Å². The Balaban J connectivity index is 1.27. The summed E-state index contributed by atoms with van der Waals surface area (Å²) in [5.41, 5.74) is 1.83. The van der Waals surface area contributed by atoms with Crippen LogP contribution in [0.1, 0.15) is 39.0 Å². The number of thioether (sulfide) groups is 1. The largest absolute Gasteiger partial charge is 0.454 e. The van der Waals surface area contributed by atoms with Crippen LogP contribution in [0.25, 0.3) is 0 Å². The third-order valence-corrected chi connectivity index (χ3v) is 7.44. The average Bonchev–Trinajstić information content (AvgIpc) is 3.23. The Hall–Kier alpha value is -2.22. The molecule has 3 heterocycles. The molecule has 156 valence electrons. The van der Waals surface area contributed by atoms with E-state index in [1.54, 1.807) is 16.7 Å². The summed E-state index contributed by atoms with van der Waals surface area (Å²) in [5, 5.41) is 2.76. The molecule has 0 aromatic heterocycles. The van der Waals surface area contributed by atoms with Crippen molar-refractivity contribution in [1.82, 2.24) is 4.90 Å². The summed E-state index contributed by atoms with van der Waals surface area (Å²) < 4.78 is 5.21. The van der Waals surface area contributed by atoms with Crippen LogP contribution in [0.3, 0.4) is 0 Å². The summed E-state index contributed by atoms with van der Waals surface area (Å²) in [6, 6.07) is 7.14. The highest BCUT2D eigenvalue weighted by molar-refractivity contribution is 8.01. The third kappa shape index (κ3) is 4.22. The standard InChI is InChI=1S/C21H27N3O4S/c1-21-10-9-19(26)24(21)17(14-29-21)20(27)28-13-18(25)22-15-5-7-16(8-6-15)23-11-3-2-4-12-23/h5-8,17H,2-4,9-14H2,1H3,(H,22,25)/t17-,21+/m1/s1. The minimum absolute atomic E-state index is 0.0160. The molecule has 0 saturated carbocycles. The summed E-state index contributed by atoms with van der Waals surface area (Å²) in [4.78, 5) is 40.4. The van der Waals surface area contributed by atoms with Crippen molar-refractivity contribution in [3.8, 4) is 0 Å². The molecule has 2 atom stereocenters. The zero-order chi connectivity index (χ0) is 20.4. The second-order valence-electron chi connectivity index (χ2n) is 8.02. The number of nitrogens with one attached hydrogen (secondary N) is 1. The molecule has 3 aliphatic heterocycles. The zero-order valence-electron chi connectivity index (χ0n) is 16.7. The smallest absolute Gasteiger partial charge is 0.330 e. The molecule has 0 aliphatic carbocycles. The Morgan fingerprint density at radius 2 is 1.93 bits per heavy atom. The van der Waals surface area contributed by atoms with Crippen LogP contribution in [0.5, 0.6) is 0 Å². The van der Waals surface area contributed by atoms with E-state index in [4.69, 9.17) is 4.74 Å². The van der Waals surface area contributed by atoms with Crippen molar-refractivity contribution in [2.75, 3.05) is 35.7 Å². The van der Waals surface area contributed by atoms with E-state index in [-0.39, 0.29) is 23.3 Å². The molecule has 2 amide bonds. The van der Waals surface area contributed by atoms with E-state index in [2.05, 4.69) is 10.2 Å². The van der Waals surface area contributed by atoms with E-state index >= 15 is 0 Å². The molecule has 3 fully saturated rings. The molecule has 4 rings (SSSR count). The van der Waals surface area contributed by atoms with Gasteiger partial charge in [0.15, 0.2) is 6.61 Å². The molecule has 8 heteroatoms. The molecule has 0 radical (unpaired) electrons. The number of esters is 1. The van der Waals surface area contributed by atoms with E-state index in [9.17, 15) is 14.4 Å². The number of anilines is 2. The van der Waals surface area contributed by atoms with Gasteiger partial charge >= 0.3 is 5.97 Å². The summed E-state index contributed by atoms with van der Waals surface area (Å²) in [7, 11) is 0. The monoisotopic (exact) mass is 417 g/mol. The lowest BCUT2D eigenvalue weighted by Crippen LogP contribution is -2.47. The number of carbonyl (C=O) groups is 3. The molecule has 1 aromatic carbocycles. The second-order valence-corrected chi connectivity index (χ2v) is 9.52. The first-order valence-corrected chi connectivity index (χ1v) is 11.2. The number of piperidine rings is 1. The predicted molar refractivity (Wildman–Crippen MR) is 113 cm³/mol. The molecule has 3 aliphatic rings. The van der Waals surface area contributed by atoms with Gasteiger partial charge in [0, 0.05) is 36.6 Å². The number of rotatable bonds is 5. The van der Waals surface area contributed by atoms with E-state index < -0.39 is 12.0 Å². The molecular formula is C21H27N3O4S. The summed E-state index contributed by atoms with van der Waals surface area (Å²) in [6.07, 6.45) is 4.92. The first-order valence-electron chi connectivity index (χ1n) is 10.2. The number of carbonyl (C=O) groups excluding carboxylic acids is 3. The van der Waals surface area contributed by atoms with E-state index in [1.165, 1.54) is 19.3 Å². The van der Waals surface area contributed by atoms with E-state index in [0.29, 0.717) is 17.9 Å². The Bertz CT molecular complexity index is 794. The summed E-state index contributed by atoms with van der Waals surface area (Å²) in [6.45, 7) is 3.77. The van der Waals surface area contributed by atoms with Crippen LogP contribution < -0.4 is 10.2 Å². The van der Waals surface area contributed by atoms with Gasteiger partial charge < -0.3 is 19.9 Å². The number of benzene rings is 1. The fourth-order valence-corrected chi connectivity index (χ4v) is 5.75. The van der Waals surface area contributed by atoms with Crippen LogP contribution >= 0.6 is 11.8 Å². The number of hydrogen-bond donors (Lipinski definition) is 1. The summed E-state index contributed by atoms with van der Waals surface area (Å²) in [5.74, 6) is -0.393. The molecular weight excluding hydrogens is 390 g/mol. The SMILES string of the molecule is C[C@]12CCC(=O)N1[C@@H](C(=O)OCC(=O)Nc1ccc(N3CCCCC3)cc1)CS2. The number of ether oxygens (including phenoxy) is 1. The van der Waals surface area contributed by atoms with Gasteiger partial charge in [-0.05, 0) is 56.9 Å². The molecule has 7 nitrogen and oxygen atoms in total. The van der Waals surface area contributed by atoms with Crippen molar-refractivity contribution in [3.05, 3.63) is 24.3 Å². The van der Waals surface area contributed by atoms with Gasteiger partial charge in [-0.1, -0.05) is 0 Å². The van der Waals surface area contributed by atoms with Crippen molar-refractivity contribution in [2.45, 2.75) is 49.9 Å². The first kappa shape index (κ1) is 20.1. The van der Waals surface area contributed by atoms with E-state index in [1.807, 2.05) is 31.2 Å². The van der Waals surface area contributed by atoms with Crippen molar-refractivity contribution in [3.63, 3.8) is 0 Å². The van der Waals surface area contributed by atoms with Crippen molar-refractivity contribution < 1.29 is 19.1 Å². The Morgan fingerprint density at radius 1 is 1.21 bits per heavy atom. The predicted octanol–water partition coefficient (Wildman–Crippen LogP) is 2.61. The normalized spacial score (nSPS) is 26.4. The van der Waals surface area contributed by atoms with Gasteiger partial charge in [-0.15, -0.1) is 11.8 Å². The van der Waals surface area contributed by atoms with Crippen LogP contribution in [0, 0.1) is 0 Å². The highest BCUT2D eigenvalue weighted by Gasteiger charge is 2.53. The Morgan fingerprint density at radius 3 is 2.66 bits per heavy atom. The highest BCUT2D eigenvalue weighted by Crippen LogP contribution is 2.47. The maximum atomic E-state index is 12.4. The van der Waals surface area contributed by atoms with Crippen LogP contribution in [0.2, 0.25) is 0 Å². The van der Waals surface area contributed by atoms with Crippen molar-refractivity contribution in [1.29, 1.82) is 0 Å². The van der Waals surface area contributed by atoms with Gasteiger partial charge in [-0.2, -0.15) is 0 Å². The Labute approximate surface area is 175 Å². The van der Waals surface area contributed by atoms with Gasteiger partial charge in [0.05, 0.1) is 4.87 Å². The first-order chi connectivity index (χ1) is 14.0. The van der Waals surface area contributed by atoms with Crippen molar-refractivity contribution in [2.24, 2.45) is 0 Å². The molecule has 0 spiro atoms. The van der Waals surface area contributed by atoms with Gasteiger partial charge in [0.1, 0.15) is 6.04 Å². The molecule has 1 N–H and O–H groups in total. The Kier molecular flexibility index (Phi) is 5.72. The van der Waals surface area contributed by atoms with Gasteiger partial charge in [-0.3, -0.25) is 9.59 Å². The number of nitrogens with zero attached hydrogens (tertiary/aromatic N) is 2. The minimum atomic E-state index is -0.600. The number of fused-ring (bicyclic) bond motifs is 1. The van der Waals surface area contributed by atoms with Crippen LogP contribution in [-0.4, -0.2) is 59.0 Å². The van der Waals surface area contributed by atoms with Gasteiger partial charge in [0.25, 0.3) is 5.91 Å². The molecule has 1 aromatic rings. The zero-order valence-corrected chi connectivity index (χ0v) is 17.5. The molecule has 0 unspecified atom stereocenters. The maximum Gasteiger partial charge on any atom is 0.330 e. The van der Waals surface area contributed by atoms with Gasteiger partial charge in [0.2, 0.25) is 5.91 Å². The highest BCUT2D eigenvalue weighted by atomic mass is 32.2. The maximum absolute atomic E-state index is 12.4. The third-order valence-electron chi connectivity index (χ3n) is 5.93. The summed E-state index contributed by atoms with van der Waals surface area (Å²) >= 11 is 1.61. The lowest BCUT2D eigenvalue weighted by atomic mass is 10.1. The van der Waals surface area contributed by atoms with E-state index in [0.717, 1.165) is 25.2 Å². The van der Waals surface area contributed by atoms with Crippen molar-refractivity contribution >= 4 is 40.9 Å². The second kappa shape index (κ2) is 8.26. The fourth-order valence-electron chi connectivity index (χ4n) is 4.33. The molecule has 29 heavy (non-hydrogen) atoms. The fraction of sp³-hybridized carbons (Fsp3) is 0.571. The average molecular weight is 418 g/mol. The number of hydrogen-bond acceptors (Lipinski definition) is 6. The quantitative estimate of drug-likeness (QED) is 0.742. The molecule has 0 bridgehead atoms. The van der Waals surface area contributed by atoms with Gasteiger partial charge in [-0.25, -0.2) is 4.79 Å². The van der Waals surface area contributed by atoms with Crippen LogP contribution in [0.4, 0.5) is 11.4 Å². The van der Waals surface area contributed by atoms with Crippen LogP contribution in [0.15, 0.2) is 24.3 Å². The lowest BCUT2D eigenvalue weighted by molar-refractivity contribution is -0.155. The molecule has 3 saturated heterocycles.